The second-order valence-corrected chi connectivity index (χ2v) is 6.75. The Kier molecular flexibility index (Phi) is 4.49. The summed E-state index contributed by atoms with van der Waals surface area (Å²) in [6.07, 6.45) is 8.33. The zero-order chi connectivity index (χ0) is 13.8. The summed E-state index contributed by atoms with van der Waals surface area (Å²) in [6.45, 7) is 6.00. The van der Waals surface area contributed by atoms with Crippen LogP contribution in [0.5, 0.6) is 0 Å². The molecular formula is C18H28N2. The lowest BCUT2D eigenvalue weighted by Gasteiger charge is -2.26. The fourth-order valence-electron chi connectivity index (χ4n) is 3.56. The van der Waals surface area contributed by atoms with E-state index in [1.54, 1.807) is 0 Å². The molecule has 0 bridgehead atoms. The molecule has 1 heterocycles. The first kappa shape index (κ1) is 13.8. The fourth-order valence-corrected chi connectivity index (χ4v) is 3.56. The van der Waals surface area contributed by atoms with Gasteiger partial charge in [-0.15, -0.1) is 0 Å². The maximum absolute atomic E-state index is 3.63. The number of nitrogens with one attached hydrogen (secondary N) is 1. The maximum atomic E-state index is 3.63. The number of nitrogens with zero attached hydrogens (tertiary/aromatic N) is 1. The van der Waals surface area contributed by atoms with Crippen LogP contribution in [-0.4, -0.2) is 19.6 Å². The van der Waals surface area contributed by atoms with E-state index in [-0.39, 0.29) is 0 Å². The topological polar surface area (TPSA) is 15.3 Å². The summed E-state index contributed by atoms with van der Waals surface area (Å²) in [5.74, 6) is 1.83. The van der Waals surface area contributed by atoms with Crippen LogP contribution in [0.2, 0.25) is 0 Å². The highest BCUT2D eigenvalue weighted by Crippen LogP contribution is 2.28. The van der Waals surface area contributed by atoms with Crippen molar-refractivity contribution in [3.63, 3.8) is 0 Å². The van der Waals surface area contributed by atoms with Gasteiger partial charge in [-0.25, -0.2) is 0 Å². The highest BCUT2D eigenvalue weighted by atomic mass is 15.1. The van der Waals surface area contributed by atoms with Gasteiger partial charge in [0.15, 0.2) is 0 Å². The Labute approximate surface area is 123 Å². The molecule has 1 saturated carbocycles. The lowest BCUT2D eigenvalue weighted by molar-refractivity contribution is 0.300. The largest absolute Gasteiger partial charge is 0.385 e. The predicted octanol–water partition coefficient (Wildman–Crippen LogP) is 4.53. The van der Waals surface area contributed by atoms with E-state index < -0.39 is 0 Å². The number of hydrogen-bond donors (Lipinski definition) is 1. The van der Waals surface area contributed by atoms with Crippen molar-refractivity contribution < 1.29 is 0 Å². The van der Waals surface area contributed by atoms with Crippen molar-refractivity contribution in [2.24, 2.45) is 11.8 Å². The van der Waals surface area contributed by atoms with Crippen LogP contribution >= 0.6 is 0 Å². The Morgan fingerprint density at radius 1 is 1.00 bits per heavy atom. The Morgan fingerprint density at radius 2 is 1.65 bits per heavy atom. The van der Waals surface area contributed by atoms with Gasteiger partial charge in [-0.05, 0) is 61.8 Å². The van der Waals surface area contributed by atoms with Crippen LogP contribution in [0.25, 0.3) is 0 Å². The van der Waals surface area contributed by atoms with Gasteiger partial charge >= 0.3 is 0 Å². The van der Waals surface area contributed by atoms with Crippen molar-refractivity contribution in [1.82, 2.24) is 0 Å². The molecular weight excluding hydrogens is 244 g/mol. The van der Waals surface area contributed by atoms with Crippen molar-refractivity contribution in [2.75, 3.05) is 29.9 Å². The van der Waals surface area contributed by atoms with Gasteiger partial charge in [0.25, 0.3) is 0 Å². The van der Waals surface area contributed by atoms with E-state index >= 15 is 0 Å². The molecule has 2 fully saturated rings. The first-order chi connectivity index (χ1) is 9.81. The van der Waals surface area contributed by atoms with Gasteiger partial charge in [0.2, 0.25) is 0 Å². The summed E-state index contributed by atoms with van der Waals surface area (Å²) in [7, 11) is 0. The molecule has 2 aliphatic rings. The van der Waals surface area contributed by atoms with Crippen molar-refractivity contribution in [2.45, 2.75) is 45.4 Å². The lowest BCUT2D eigenvalue weighted by atomic mass is 9.83. The molecule has 1 N–H and O–H groups in total. The Bertz CT molecular complexity index is 398. The van der Waals surface area contributed by atoms with E-state index in [0.717, 1.165) is 18.4 Å². The molecule has 3 rings (SSSR count). The average molecular weight is 272 g/mol. The molecule has 1 aliphatic carbocycles. The summed E-state index contributed by atoms with van der Waals surface area (Å²) >= 11 is 0. The molecule has 0 aromatic heterocycles. The van der Waals surface area contributed by atoms with E-state index in [4.69, 9.17) is 0 Å². The van der Waals surface area contributed by atoms with Gasteiger partial charge in [-0.1, -0.05) is 19.8 Å². The zero-order valence-corrected chi connectivity index (χ0v) is 12.8. The molecule has 1 aromatic carbocycles. The maximum Gasteiger partial charge on any atom is 0.0367 e. The molecule has 1 saturated heterocycles. The van der Waals surface area contributed by atoms with Crippen LogP contribution in [-0.2, 0) is 0 Å². The third kappa shape index (κ3) is 3.47. The highest BCUT2D eigenvalue weighted by molar-refractivity contribution is 5.55. The minimum absolute atomic E-state index is 0.879. The van der Waals surface area contributed by atoms with E-state index in [1.165, 1.54) is 63.0 Å². The van der Waals surface area contributed by atoms with Crippen molar-refractivity contribution in [1.29, 1.82) is 0 Å². The standard InChI is InChI=1S/C18H28N2/c1-15-4-6-16(7-5-15)14-19-17-8-10-18(11-9-17)20-12-2-3-13-20/h8-11,15-16,19H,2-7,12-14H2,1H3. The second-order valence-electron chi connectivity index (χ2n) is 6.75. The van der Waals surface area contributed by atoms with E-state index in [1.807, 2.05) is 0 Å². The van der Waals surface area contributed by atoms with Gasteiger partial charge in [0, 0.05) is 31.0 Å². The molecule has 1 aliphatic heterocycles. The smallest absolute Gasteiger partial charge is 0.0367 e. The molecule has 0 unspecified atom stereocenters. The number of rotatable bonds is 4. The first-order valence-corrected chi connectivity index (χ1v) is 8.40. The Morgan fingerprint density at radius 3 is 2.30 bits per heavy atom. The van der Waals surface area contributed by atoms with Crippen molar-refractivity contribution in [3.8, 4) is 0 Å². The quantitative estimate of drug-likeness (QED) is 0.866. The third-order valence-corrected chi connectivity index (χ3v) is 5.07. The van der Waals surface area contributed by atoms with Gasteiger partial charge in [-0.3, -0.25) is 0 Å². The van der Waals surface area contributed by atoms with Crippen molar-refractivity contribution >= 4 is 11.4 Å². The van der Waals surface area contributed by atoms with E-state index in [0.29, 0.717) is 0 Å². The van der Waals surface area contributed by atoms with Gasteiger partial charge in [0.1, 0.15) is 0 Å². The normalized spacial score (nSPS) is 26.8. The third-order valence-electron chi connectivity index (χ3n) is 5.07. The molecule has 1 aromatic rings. The zero-order valence-electron chi connectivity index (χ0n) is 12.8. The molecule has 0 radical (unpaired) electrons. The van der Waals surface area contributed by atoms with Gasteiger partial charge < -0.3 is 10.2 Å². The summed E-state index contributed by atoms with van der Waals surface area (Å²) < 4.78 is 0. The van der Waals surface area contributed by atoms with Crippen LogP contribution in [0.1, 0.15) is 45.4 Å². The number of anilines is 2. The summed E-state index contributed by atoms with van der Waals surface area (Å²) in [5.41, 5.74) is 2.67. The molecule has 110 valence electrons. The number of hydrogen-bond acceptors (Lipinski definition) is 2. The molecule has 2 heteroatoms. The molecule has 2 nitrogen and oxygen atoms in total. The first-order valence-electron chi connectivity index (χ1n) is 8.40. The highest BCUT2D eigenvalue weighted by Gasteiger charge is 2.17. The number of benzene rings is 1. The summed E-state index contributed by atoms with van der Waals surface area (Å²) in [6, 6.07) is 9.05. The van der Waals surface area contributed by atoms with E-state index in [9.17, 15) is 0 Å². The predicted molar refractivity (Wildman–Crippen MR) is 87.5 cm³/mol. The molecule has 0 amide bonds. The van der Waals surface area contributed by atoms with Gasteiger partial charge in [-0.2, -0.15) is 0 Å². The van der Waals surface area contributed by atoms with Crippen molar-refractivity contribution in [3.05, 3.63) is 24.3 Å². The summed E-state index contributed by atoms with van der Waals surface area (Å²) in [5, 5.41) is 3.63. The van der Waals surface area contributed by atoms with E-state index in [2.05, 4.69) is 41.4 Å². The minimum Gasteiger partial charge on any atom is -0.385 e. The van der Waals surface area contributed by atoms with Crippen LogP contribution in [0.4, 0.5) is 11.4 Å². The summed E-state index contributed by atoms with van der Waals surface area (Å²) in [4.78, 5) is 2.49. The van der Waals surface area contributed by atoms with Crippen LogP contribution in [0.15, 0.2) is 24.3 Å². The fraction of sp³-hybridized carbons (Fsp3) is 0.667. The lowest BCUT2D eigenvalue weighted by Crippen LogP contribution is -2.20. The molecule has 0 atom stereocenters. The Hall–Kier alpha value is -1.18. The van der Waals surface area contributed by atoms with Crippen LogP contribution in [0, 0.1) is 11.8 Å². The van der Waals surface area contributed by atoms with Gasteiger partial charge in [0.05, 0.1) is 0 Å². The van der Waals surface area contributed by atoms with Crippen LogP contribution in [0.3, 0.4) is 0 Å². The van der Waals surface area contributed by atoms with Crippen LogP contribution < -0.4 is 10.2 Å². The minimum atomic E-state index is 0.879. The molecule has 20 heavy (non-hydrogen) atoms. The average Bonchev–Trinajstić information content (AvgIpc) is 3.01. The Balaban J connectivity index is 1.48. The molecule has 0 spiro atoms. The monoisotopic (exact) mass is 272 g/mol. The second kappa shape index (κ2) is 6.51. The SMILES string of the molecule is CC1CCC(CNc2ccc(N3CCCC3)cc2)CC1.